The van der Waals surface area contributed by atoms with Crippen molar-refractivity contribution in [2.75, 3.05) is 24.8 Å². The maximum atomic E-state index is 5.90. The van der Waals surface area contributed by atoms with Crippen LogP contribution in [0.5, 0.6) is 5.75 Å². The van der Waals surface area contributed by atoms with Gasteiger partial charge in [0.2, 0.25) is 0 Å². The summed E-state index contributed by atoms with van der Waals surface area (Å²) in [6.45, 7) is 0. The predicted molar refractivity (Wildman–Crippen MR) is 74.7 cm³/mol. The number of nitrogens with two attached hydrogens (primary N) is 1. The van der Waals surface area contributed by atoms with Crippen molar-refractivity contribution in [2.45, 2.75) is 0 Å². The average Bonchev–Trinajstić information content (AvgIpc) is 2.41. The third kappa shape index (κ3) is 2.49. The Balaban J connectivity index is 2.40. The quantitative estimate of drug-likeness (QED) is 0.865. The van der Waals surface area contributed by atoms with E-state index < -0.39 is 0 Å². The van der Waals surface area contributed by atoms with E-state index >= 15 is 0 Å². The van der Waals surface area contributed by atoms with Gasteiger partial charge in [0.15, 0.2) is 5.82 Å². The number of rotatable bonds is 3. The summed E-state index contributed by atoms with van der Waals surface area (Å²) in [4.78, 5) is 6.09. The van der Waals surface area contributed by atoms with Gasteiger partial charge in [0, 0.05) is 18.8 Å². The number of benzene rings is 1. The van der Waals surface area contributed by atoms with Gasteiger partial charge in [-0.3, -0.25) is 0 Å². The van der Waals surface area contributed by atoms with E-state index in [0.717, 1.165) is 11.4 Å². The third-order valence-corrected chi connectivity index (χ3v) is 2.84. The number of hydrogen-bond acceptors (Lipinski definition) is 4. The summed E-state index contributed by atoms with van der Waals surface area (Å²) in [5.74, 6) is 1.40. The van der Waals surface area contributed by atoms with E-state index in [1.165, 1.54) is 0 Å². The van der Waals surface area contributed by atoms with E-state index in [9.17, 15) is 0 Å². The highest BCUT2D eigenvalue weighted by atomic mass is 35.5. The van der Waals surface area contributed by atoms with E-state index in [0.29, 0.717) is 16.7 Å². The first-order valence-corrected chi connectivity index (χ1v) is 5.79. The molecule has 4 nitrogen and oxygen atoms in total. The Labute approximate surface area is 111 Å². The van der Waals surface area contributed by atoms with Crippen molar-refractivity contribution in [2.24, 2.45) is 0 Å². The van der Waals surface area contributed by atoms with Crippen molar-refractivity contribution in [3.63, 3.8) is 0 Å². The zero-order valence-corrected chi connectivity index (χ0v) is 11.0. The summed E-state index contributed by atoms with van der Waals surface area (Å²) in [7, 11) is 3.51. The second-order valence-electron chi connectivity index (χ2n) is 3.81. The summed E-state index contributed by atoms with van der Waals surface area (Å²) in [6, 6.07) is 11.0. The molecule has 0 saturated carbocycles. The maximum Gasteiger partial charge on any atom is 0.157 e. The molecule has 1 aromatic carbocycles. The number of pyridine rings is 1. The van der Waals surface area contributed by atoms with Gasteiger partial charge in [0.1, 0.15) is 10.9 Å². The molecule has 0 aliphatic carbocycles. The molecule has 0 saturated heterocycles. The molecule has 0 atom stereocenters. The molecular weight excluding hydrogens is 250 g/mol. The molecule has 2 aromatic rings. The topological polar surface area (TPSA) is 51.4 Å². The summed E-state index contributed by atoms with van der Waals surface area (Å²) in [6.07, 6.45) is 0. The van der Waals surface area contributed by atoms with Gasteiger partial charge in [0.05, 0.1) is 12.8 Å². The normalized spacial score (nSPS) is 10.2. The molecule has 1 aromatic heterocycles. The first-order valence-electron chi connectivity index (χ1n) is 5.41. The average molecular weight is 264 g/mol. The lowest BCUT2D eigenvalue weighted by molar-refractivity contribution is 0.415. The minimum atomic E-state index is 0.411. The minimum Gasteiger partial charge on any atom is -0.497 e. The highest BCUT2D eigenvalue weighted by Crippen LogP contribution is 2.30. The number of nitrogens with zero attached hydrogens (tertiary/aromatic N) is 2. The zero-order valence-electron chi connectivity index (χ0n) is 10.2. The highest BCUT2D eigenvalue weighted by Gasteiger charge is 2.10. The molecule has 1 heterocycles. The molecule has 2 N–H and O–H groups in total. The number of methoxy groups -OCH3 is 1. The first kappa shape index (κ1) is 12.5. The summed E-state index contributed by atoms with van der Waals surface area (Å²) < 4.78 is 5.19. The molecule has 0 unspecified atom stereocenters. The van der Waals surface area contributed by atoms with Gasteiger partial charge < -0.3 is 15.4 Å². The van der Waals surface area contributed by atoms with Crippen LogP contribution in [0.4, 0.5) is 17.2 Å². The standard InChI is InChI=1S/C13H14ClN3O/c1-17(9-4-3-5-10(8-9)18-2)13-11(15)6-7-12(14)16-13/h3-8H,15H2,1-2H3. The molecule has 94 valence electrons. The molecule has 0 bridgehead atoms. The van der Waals surface area contributed by atoms with Crippen LogP contribution in [0.15, 0.2) is 36.4 Å². The summed E-state index contributed by atoms with van der Waals surface area (Å²) in [5.41, 5.74) is 7.40. The van der Waals surface area contributed by atoms with Crippen LogP contribution >= 0.6 is 11.6 Å². The fraction of sp³-hybridized carbons (Fsp3) is 0.154. The van der Waals surface area contributed by atoms with Crippen LogP contribution < -0.4 is 15.4 Å². The lowest BCUT2D eigenvalue weighted by atomic mass is 10.2. The lowest BCUT2D eigenvalue weighted by Gasteiger charge is -2.20. The van der Waals surface area contributed by atoms with Crippen molar-refractivity contribution in [3.8, 4) is 5.75 Å². The second kappa shape index (κ2) is 5.14. The molecule has 18 heavy (non-hydrogen) atoms. The van der Waals surface area contributed by atoms with Gasteiger partial charge in [-0.15, -0.1) is 0 Å². The lowest BCUT2D eigenvalue weighted by Crippen LogP contribution is -2.13. The van der Waals surface area contributed by atoms with Crippen molar-refractivity contribution < 1.29 is 4.74 Å². The van der Waals surface area contributed by atoms with E-state index in [1.807, 2.05) is 36.2 Å². The molecule has 0 amide bonds. The monoisotopic (exact) mass is 263 g/mol. The second-order valence-corrected chi connectivity index (χ2v) is 4.19. The summed E-state index contributed by atoms with van der Waals surface area (Å²) in [5, 5.41) is 0.411. The van der Waals surface area contributed by atoms with Gasteiger partial charge in [0.25, 0.3) is 0 Å². The smallest absolute Gasteiger partial charge is 0.157 e. The molecule has 0 radical (unpaired) electrons. The van der Waals surface area contributed by atoms with Gasteiger partial charge in [-0.2, -0.15) is 0 Å². The van der Waals surface area contributed by atoms with Crippen molar-refractivity contribution in [3.05, 3.63) is 41.6 Å². The molecule has 0 aliphatic rings. The largest absolute Gasteiger partial charge is 0.497 e. The van der Waals surface area contributed by atoms with Crippen LogP contribution in [-0.2, 0) is 0 Å². The Bertz CT molecular complexity index is 560. The fourth-order valence-corrected chi connectivity index (χ4v) is 1.79. The van der Waals surface area contributed by atoms with E-state index in [4.69, 9.17) is 22.1 Å². The molecule has 2 rings (SSSR count). The number of hydrogen-bond donors (Lipinski definition) is 1. The van der Waals surface area contributed by atoms with Gasteiger partial charge >= 0.3 is 0 Å². The van der Waals surface area contributed by atoms with Gasteiger partial charge in [-0.1, -0.05) is 17.7 Å². The maximum absolute atomic E-state index is 5.90. The zero-order chi connectivity index (χ0) is 13.1. The Morgan fingerprint density at radius 1 is 1.28 bits per heavy atom. The number of nitrogen functional groups attached to an aromatic ring is 1. The molecule has 5 heteroatoms. The molecule has 0 aliphatic heterocycles. The Morgan fingerprint density at radius 3 is 2.78 bits per heavy atom. The van der Waals surface area contributed by atoms with E-state index in [2.05, 4.69) is 4.98 Å². The van der Waals surface area contributed by atoms with Crippen LogP contribution in [-0.4, -0.2) is 19.1 Å². The van der Waals surface area contributed by atoms with Crippen molar-refractivity contribution >= 4 is 28.8 Å². The van der Waals surface area contributed by atoms with E-state index in [-0.39, 0.29) is 0 Å². The Morgan fingerprint density at radius 2 is 2.06 bits per heavy atom. The van der Waals surface area contributed by atoms with Crippen molar-refractivity contribution in [1.29, 1.82) is 0 Å². The highest BCUT2D eigenvalue weighted by molar-refractivity contribution is 6.29. The third-order valence-electron chi connectivity index (χ3n) is 2.63. The Kier molecular flexibility index (Phi) is 3.58. The van der Waals surface area contributed by atoms with E-state index in [1.54, 1.807) is 19.2 Å². The van der Waals surface area contributed by atoms with Crippen LogP contribution in [0.25, 0.3) is 0 Å². The van der Waals surface area contributed by atoms with Crippen LogP contribution in [0.3, 0.4) is 0 Å². The first-order chi connectivity index (χ1) is 8.61. The van der Waals surface area contributed by atoms with Crippen LogP contribution in [0, 0.1) is 0 Å². The van der Waals surface area contributed by atoms with Gasteiger partial charge in [-0.25, -0.2) is 4.98 Å². The summed E-state index contributed by atoms with van der Waals surface area (Å²) >= 11 is 5.89. The van der Waals surface area contributed by atoms with Crippen LogP contribution in [0.2, 0.25) is 5.15 Å². The molecular formula is C13H14ClN3O. The van der Waals surface area contributed by atoms with Crippen molar-refractivity contribution in [1.82, 2.24) is 4.98 Å². The Hall–Kier alpha value is -1.94. The number of anilines is 3. The SMILES string of the molecule is COc1cccc(N(C)c2nc(Cl)ccc2N)c1. The predicted octanol–water partition coefficient (Wildman–Crippen LogP) is 3.09. The van der Waals surface area contributed by atoms with Gasteiger partial charge in [-0.05, 0) is 24.3 Å². The molecule has 0 fully saturated rings. The number of ether oxygens (including phenoxy) is 1. The number of halogens is 1. The van der Waals surface area contributed by atoms with Crippen LogP contribution in [0.1, 0.15) is 0 Å². The number of aromatic nitrogens is 1. The minimum absolute atomic E-state index is 0.411. The molecule has 0 spiro atoms. The fourth-order valence-electron chi connectivity index (χ4n) is 1.65.